The largest absolute Gasteiger partial charge is 0.507 e. The van der Waals surface area contributed by atoms with Crippen LogP contribution in [0.4, 0.5) is 5.13 Å². The molecule has 1 fully saturated rings. The monoisotopic (exact) mass is 554 g/mol. The number of nitrogens with zero attached hydrogens (tertiary/aromatic N) is 2. The van der Waals surface area contributed by atoms with Gasteiger partial charge in [0.2, 0.25) is 0 Å². The molecule has 1 saturated heterocycles. The molecular formula is C28H27ClN2O6S. The molecule has 1 aliphatic heterocycles. The van der Waals surface area contributed by atoms with Gasteiger partial charge in [0.25, 0.3) is 5.78 Å². The zero-order valence-electron chi connectivity index (χ0n) is 21.4. The lowest BCUT2D eigenvalue weighted by Crippen LogP contribution is -2.29. The minimum atomic E-state index is -0.996. The van der Waals surface area contributed by atoms with E-state index in [4.69, 9.17) is 21.1 Å². The number of carbonyl (C=O) groups excluding carboxylic acids is 3. The summed E-state index contributed by atoms with van der Waals surface area (Å²) in [6.07, 6.45) is 0.847. The Labute approximate surface area is 229 Å². The van der Waals surface area contributed by atoms with E-state index in [1.54, 1.807) is 56.3 Å². The smallest absolute Gasteiger partial charge is 0.350 e. The highest BCUT2D eigenvalue weighted by atomic mass is 35.5. The fourth-order valence-corrected chi connectivity index (χ4v) is 5.30. The molecule has 1 atom stereocenters. The van der Waals surface area contributed by atoms with Gasteiger partial charge in [-0.1, -0.05) is 42.0 Å². The Morgan fingerprint density at radius 1 is 1.13 bits per heavy atom. The Balaban J connectivity index is 1.86. The molecule has 8 nitrogen and oxygen atoms in total. The van der Waals surface area contributed by atoms with Crippen LogP contribution in [0.2, 0.25) is 5.02 Å². The molecule has 0 saturated carbocycles. The number of halogens is 1. The van der Waals surface area contributed by atoms with E-state index in [0.29, 0.717) is 34.2 Å². The second-order valence-electron chi connectivity index (χ2n) is 8.68. The maximum atomic E-state index is 13.4. The molecule has 198 valence electrons. The van der Waals surface area contributed by atoms with Gasteiger partial charge < -0.3 is 14.6 Å². The Bertz CT molecular complexity index is 1430. The summed E-state index contributed by atoms with van der Waals surface area (Å²) in [5, 5.41) is 12.0. The number of amides is 1. The lowest BCUT2D eigenvalue weighted by atomic mass is 9.95. The van der Waals surface area contributed by atoms with Crippen molar-refractivity contribution in [2.75, 3.05) is 18.1 Å². The van der Waals surface area contributed by atoms with Crippen molar-refractivity contribution in [3.05, 3.63) is 80.3 Å². The molecule has 0 aliphatic carbocycles. The number of ether oxygens (including phenoxy) is 2. The van der Waals surface area contributed by atoms with Gasteiger partial charge in [-0.05, 0) is 68.7 Å². The van der Waals surface area contributed by atoms with Crippen LogP contribution in [-0.4, -0.2) is 41.0 Å². The summed E-state index contributed by atoms with van der Waals surface area (Å²) < 4.78 is 10.8. The van der Waals surface area contributed by atoms with Crippen LogP contribution >= 0.6 is 22.9 Å². The van der Waals surface area contributed by atoms with Crippen LogP contribution in [0, 0.1) is 13.8 Å². The van der Waals surface area contributed by atoms with Crippen molar-refractivity contribution in [1.29, 1.82) is 0 Å². The maximum absolute atomic E-state index is 13.4. The molecule has 0 bridgehead atoms. The minimum Gasteiger partial charge on any atom is -0.507 e. The van der Waals surface area contributed by atoms with Gasteiger partial charge >= 0.3 is 11.9 Å². The summed E-state index contributed by atoms with van der Waals surface area (Å²) >= 11 is 7.05. The predicted octanol–water partition coefficient (Wildman–Crippen LogP) is 6.01. The molecule has 0 spiro atoms. The van der Waals surface area contributed by atoms with Gasteiger partial charge in [0.05, 0.1) is 30.5 Å². The zero-order valence-corrected chi connectivity index (χ0v) is 23.0. The molecule has 1 N–H and O–H groups in total. The highest BCUT2D eigenvalue weighted by molar-refractivity contribution is 7.17. The number of ketones is 1. The van der Waals surface area contributed by atoms with E-state index in [2.05, 4.69) is 4.98 Å². The number of anilines is 1. The number of aliphatic hydroxyl groups is 1. The maximum Gasteiger partial charge on any atom is 0.350 e. The first-order chi connectivity index (χ1) is 18.2. The van der Waals surface area contributed by atoms with Crippen LogP contribution in [0.1, 0.15) is 58.4 Å². The van der Waals surface area contributed by atoms with E-state index in [1.165, 1.54) is 4.90 Å². The number of esters is 1. The Hall–Kier alpha value is -3.69. The second kappa shape index (κ2) is 11.4. The number of thiazole rings is 1. The molecule has 4 rings (SSSR count). The molecule has 10 heteroatoms. The van der Waals surface area contributed by atoms with Crippen molar-refractivity contribution in [3.63, 3.8) is 0 Å². The minimum absolute atomic E-state index is 0.0931. The second-order valence-corrected chi connectivity index (χ2v) is 10.1. The van der Waals surface area contributed by atoms with E-state index in [0.717, 1.165) is 23.3 Å². The average Bonchev–Trinajstić information content (AvgIpc) is 3.40. The van der Waals surface area contributed by atoms with E-state index < -0.39 is 23.7 Å². The number of hydrogen-bond donors (Lipinski definition) is 1. The van der Waals surface area contributed by atoms with E-state index >= 15 is 0 Å². The first-order valence-corrected chi connectivity index (χ1v) is 13.3. The molecule has 1 amide bonds. The summed E-state index contributed by atoms with van der Waals surface area (Å²) in [7, 11) is 0. The third-order valence-electron chi connectivity index (χ3n) is 5.99. The Kier molecular flexibility index (Phi) is 8.18. The first-order valence-electron chi connectivity index (χ1n) is 12.1. The molecule has 3 aromatic rings. The van der Waals surface area contributed by atoms with Crippen molar-refractivity contribution in [2.45, 2.75) is 40.2 Å². The van der Waals surface area contributed by atoms with Gasteiger partial charge in [0.15, 0.2) is 5.13 Å². The van der Waals surface area contributed by atoms with Gasteiger partial charge in [0, 0.05) is 10.6 Å². The van der Waals surface area contributed by atoms with Crippen LogP contribution in [-0.2, 0) is 14.3 Å². The summed E-state index contributed by atoms with van der Waals surface area (Å²) in [4.78, 5) is 45.1. The zero-order chi connectivity index (χ0) is 27.6. The molecule has 2 aromatic carbocycles. The third kappa shape index (κ3) is 5.16. The van der Waals surface area contributed by atoms with Gasteiger partial charge in [-0.2, -0.15) is 0 Å². The number of aliphatic hydroxyl groups excluding tert-OH is 1. The Morgan fingerprint density at radius 2 is 1.84 bits per heavy atom. The highest BCUT2D eigenvalue weighted by Crippen LogP contribution is 2.44. The third-order valence-corrected chi connectivity index (χ3v) is 7.38. The lowest BCUT2D eigenvalue weighted by Gasteiger charge is -2.23. The van der Waals surface area contributed by atoms with E-state index in [-0.39, 0.29) is 27.9 Å². The van der Waals surface area contributed by atoms with Crippen LogP contribution in [0.3, 0.4) is 0 Å². The number of Topliss-reactive ketones (excluding diaryl/α,β-unsaturated/α-hetero) is 1. The summed E-state index contributed by atoms with van der Waals surface area (Å²) in [5.41, 5.74) is 1.96. The number of aromatic nitrogens is 1. The fourth-order valence-electron chi connectivity index (χ4n) is 4.19. The topological polar surface area (TPSA) is 106 Å². The molecule has 2 heterocycles. The summed E-state index contributed by atoms with van der Waals surface area (Å²) in [6.45, 7) is 7.90. The fraction of sp³-hybridized carbons (Fsp3) is 0.286. The number of carbonyl (C=O) groups is 3. The van der Waals surface area contributed by atoms with Crippen LogP contribution < -0.4 is 9.64 Å². The Morgan fingerprint density at radius 3 is 2.47 bits per heavy atom. The van der Waals surface area contributed by atoms with Crippen LogP contribution in [0.25, 0.3) is 5.76 Å². The lowest BCUT2D eigenvalue weighted by molar-refractivity contribution is -0.132. The SMILES string of the molecule is CCCOc1ccc(C(O)=C2C(=O)C(=O)N(c3nc(C)c(C(=O)OCC)s3)[C@@H]2c2ccc(Cl)cc2)cc1C. The van der Waals surface area contributed by atoms with Crippen molar-refractivity contribution in [2.24, 2.45) is 0 Å². The average molecular weight is 555 g/mol. The van der Waals surface area contributed by atoms with E-state index in [1.807, 2.05) is 13.8 Å². The molecule has 1 aromatic heterocycles. The van der Waals surface area contributed by atoms with Crippen LogP contribution in [0.5, 0.6) is 5.75 Å². The normalized spacial score (nSPS) is 16.7. The quantitative estimate of drug-likeness (QED) is 0.157. The van der Waals surface area contributed by atoms with Gasteiger partial charge in [-0.15, -0.1) is 0 Å². The molecule has 38 heavy (non-hydrogen) atoms. The van der Waals surface area contributed by atoms with Crippen LogP contribution in [0.15, 0.2) is 48.0 Å². The van der Waals surface area contributed by atoms with Crippen molar-refractivity contribution in [1.82, 2.24) is 4.98 Å². The van der Waals surface area contributed by atoms with Gasteiger partial charge in [-0.25, -0.2) is 9.78 Å². The number of aryl methyl sites for hydroxylation is 2. The predicted molar refractivity (Wildman–Crippen MR) is 146 cm³/mol. The van der Waals surface area contributed by atoms with Gasteiger partial charge in [0.1, 0.15) is 16.4 Å². The van der Waals surface area contributed by atoms with E-state index in [9.17, 15) is 19.5 Å². The molecule has 0 radical (unpaired) electrons. The molecule has 1 aliphatic rings. The summed E-state index contributed by atoms with van der Waals surface area (Å²) in [5.74, 6) is -1.95. The number of hydrogen-bond acceptors (Lipinski definition) is 8. The van der Waals surface area contributed by atoms with Gasteiger partial charge in [-0.3, -0.25) is 14.5 Å². The highest BCUT2D eigenvalue weighted by Gasteiger charge is 2.48. The first kappa shape index (κ1) is 27.3. The van der Waals surface area contributed by atoms with Crippen molar-refractivity contribution >= 4 is 51.5 Å². The number of benzene rings is 2. The summed E-state index contributed by atoms with van der Waals surface area (Å²) in [6, 6.07) is 10.7. The molecule has 0 unspecified atom stereocenters. The molecular weight excluding hydrogens is 528 g/mol. The van der Waals surface area contributed by atoms with Crippen molar-refractivity contribution < 1.29 is 29.0 Å². The number of rotatable bonds is 8. The standard InChI is InChI=1S/C28H27ClN2O6S/c1-5-13-37-20-12-9-18(14-15(20)3)23(32)21-22(17-7-10-19(29)11-8-17)31(26(34)24(21)33)28-30-16(4)25(38-28)27(35)36-6-2/h7-12,14,22,32H,5-6,13H2,1-4H3/t22-/m1/s1. The van der Waals surface area contributed by atoms with Crippen molar-refractivity contribution in [3.8, 4) is 5.75 Å².